The van der Waals surface area contributed by atoms with E-state index in [0.29, 0.717) is 17.9 Å². The molecule has 4 nitrogen and oxygen atoms in total. The van der Waals surface area contributed by atoms with E-state index in [-0.39, 0.29) is 17.3 Å². The Hall–Kier alpha value is -0.160. The molecule has 0 aromatic heterocycles. The van der Waals surface area contributed by atoms with E-state index in [1.807, 2.05) is 14.0 Å². The standard InChI is InChI=1S/C16H32N2O2/c1-11(19)12-7-8-18(9-12)10-13-14(17-6)16(4,5)20-15(13,2)3/h11-14,17,19H,7-10H2,1-6H3. The lowest BCUT2D eigenvalue weighted by Gasteiger charge is -2.32. The van der Waals surface area contributed by atoms with Crippen molar-refractivity contribution in [1.29, 1.82) is 0 Å². The lowest BCUT2D eigenvalue weighted by Crippen LogP contribution is -2.49. The van der Waals surface area contributed by atoms with Gasteiger partial charge in [0.05, 0.1) is 17.3 Å². The van der Waals surface area contributed by atoms with Crippen molar-refractivity contribution < 1.29 is 9.84 Å². The van der Waals surface area contributed by atoms with Gasteiger partial charge in [-0.3, -0.25) is 0 Å². The van der Waals surface area contributed by atoms with E-state index in [2.05, 4.69) is 37.9 Å². The van der Waals surface area contributed by atoms with Crippen LogP contribution in [0.1, 0.15) is 41.0 Å². The fourth-order valence-corrected chi connectivity index (χ4v) is 4.28. The SMILES string of the molecule is CNC1C(CN2CCC(C(C)O)C2)C(C)(C)OC1(C)C. The highest BCUT2D eigenvalue weighted by Crippen LogP contribution is 2.43. The number of hydrogen-bond donors (Lipinski definition) is 2. The maximum absolute atomic E-state index is 9.75. The topological polar surface area (TPSA) is 44.7 Å². The molecule has 2 heterocycles. The van der Waals surface area contributed by atoms with Crippen LogP contribution in [0.4, 0.5) is 0 Å². The molecular formula is C16H32N2O2. The molecule has 0 aromatic rings. The molecule has 0 aromatic carbocycles. The van der Waals surface area contributed by atoms with E-state index >= 15 is 0 Å². The Morgan fingerprint density at radius 3 is 2.45 bits per heavy atom. The van der Waals surface area contributed by atoms with Crippen molar-refractivity contribution in [2.45, 2.75) is 64.4 Å². The third-order valence-electron chi connectivity index (χ3n) is 5.33. The van der Waals surface area contributed by atoms with Gasteiger partial charge < -0.3 is 20.1 Å². The van der Waals surface area contributed by atoms with Gasteiger partial charge in [-0.25, -0.2) is 0 Å². The van der Waals surface area contributed by atoms with Crippen LogP contribution in [0.5, 0.6) is 0 Å². The zero-order valence-corrected chi connectivity index (χ0v) is 13.9. The van der Waals surface area contributed by atoms with Gasteiger partial charge in [0, 0.05) is 25.0 Å². The van der Waals surface area contributed by atoms with Crippen LogP contribution in [-0.4, -0.2) is 60.0 Å². The van der Waals surface area contributed by atoms with Crippen molar-refractivity contribution >= 4 is 0 Å². The average Bonchev–Trinajstić information content (AvgIpc) is 2.81. The number of aliphatic hydroxyl groups excluding tert-OH is 1. The van der Waals surface area contributed by atoms with Crippen molar-refractivity contribution in [1.82, 2.24) is 10.2 Å². The number of ether oxygens (including phenoxy) is 1. The van der Waals surface area contributed by atoms with Gasteiger partial charge in [0.1, 0.15) is 0 Å². The Morgan fingerprint density at radius 1 is 1.30 bits per heavy atom. The van der Waals surface area contributed by atoms with Crippen molar-refractivity contribution in [2.24, 2.45) is 11.8 Å². The lowest BCUT2D eigenvalue weighted by molar-refractivity contribution is -0.0791. The summed E-state index contributed by atoms with van der Waals surface area (Å²) in [6, 6.07) is 0.364. The van der Waals surface area contributed by atoms with Gasteiger partial charge in [0.15, 0.2) is 0 Å². The summed E-state index contributed by atoms with van der Waals surface area (Å²) in [4.78, 5) is 2.50. The molecular weight excluding hydrogens is 252 g/mol. The van der Waals surface area contributed by atoms with E-state index < -0.39 is 0 Å². The Kier molecular flexibility index (Phi) is 4.51. The van der Waals surface area contributed by atoms with Gasteiger partial charge >= 0.3 is 0 Å². The van der Waals surface area contributed by atoms with Gasteiger partial charge in [0.2, 0.25) is 0 Å². The Labute approximate surface area is 123 Å². The molecule has 20 heavy (non-hydrogen) atoms. The molecule has 4 heteroatoms. The van der Waals surface area contributed by atoms with Crippen molar-refractivity contribution in [2.75, 3.05) is 26.7 Å². The molecule has 0 aliphatic carbocycles. The van der Waals surface area contributed by atoms with Crippen molar-refractivity contribution in [3.05, 3.63) is 0 Å². The van der Waals surface area contributed by atoms with E-state index in [0.717, 1.165) is 26.1 Å². The summed E-state index contributed by atoms with van der Waals surface area (Å²) in [6.07, 6.45) is 0.920. The molecule has 2 saturated heterocycles. The predicted octanol–water partition coefficient (Wildman–Crippen LogP) is 1.48. The number of hydrogen-bond acceptors (Lipinski definition) is 4. The molecule has 4 atom stereocenters. The number of nitrogens with one attached hydrogen (secondary N) is 1. The van der Waals surface area contributed by atoms with Gasteiger partial charge in [-0.1, -0.05) is 0 Å². The average molecular weight is 284 g/mol. The minimum Gasteiger partial charge on any atom is -0.393 e. The molecule has 118 valence electrons. The van der Waals surface area contributed by atoms with Gasteiger partial charge in [-0.05, 0) is 60.5 Å². The zero-order valence-electron chi connectivity index (χ0n) is 13.9. The van der Waals surface area contributed by atoms with Crippen molar-refractivity contribution in [3.8, 4) is 0 Å². The van der Waals surface area contributed by atoms with Crippen molar-refractivity contribution in [3.63, 3.8) is 0 Å². The summed E-state index contributed by atoms with van der Waals surface area (Å²) in [5, 5.41) is 13.2. The zero-order chi connectivity index (χ0) is 15.1. The summed E-state index contributed by atoms with van der Waals surface area (Å²) in [5.74, 6) is 0.900. The molecule has 2 aliphatic heterocycles. The first-order valence-corrected chi connectivity index (χ1v) is 7.95. The minimum absolute atomic E-state index is 0.111. The number of likely N-dealkylation sites (N-methyl/N-ethyl adjacent to an activating group) is 1. The number of rotatable bonds is 4. The second kappa shape index (κ2) is 5.56. The number of nitrogens with zero attached hydrogens (tertiary/aromatic N) is 1. The smallest absolute Gasteiger partial charge is 0.0790 e. The first-order valence-electron chi connectivity index (χ1n) is 7.95. The summed E-state index contributed by atoms with van der Waals surface area (Å²) < 4.78 is 6.30. The first-order chi connectivity index (χ1) is 9.17. The molecule has 0 spiro atoms. The highest BCUT2D eigenvalue weighted by Gasteiger charge is 2.53. The summed E-state index contributed by atoms with van der Waals surface area (Å²) in [5.41, 5.74) is -0.244. The predicted molar refractivity (Wildman–Crippen MR) is 81.8 cm³/mol. The van der Waals surface area contributed by atoms with Gasteiger partial charge in [-0.15, -0.1) is 0 Å². The maximum Gasteiger partial charge on any atom is 0.0790 e. The van der Waals surface area contributed by atoms with Crippen LogP contribution in [0, 0.1) is 11.8 Å². The summed E-state index contributed by atoms with van der Waals surface area (Å²) >= 11 is 0. The van der Waals surface area contributed by atoms with Crippen LogP contribution in [0.2, 0.25) is 0 Å². The van der Waals surface area contributed by atoms with Crippen LogP contribution in [0.25, 0.3) is 0 Å². The fraction of sp³-hybridized carbons (Fsp3) is 1.00. The first kappa shape index (κ1) is 16.2. The number of likely N-dealkylation sites (tertiary alicyclic amines) is 1. The fourth-order valence-electron chi connectivity index (χ4n) is 4.28. The quantitative estimate of drug-likeness (QED) is 0.821. The molecule has 0 bridgehead atoms. The van der Waals surface area contributed by atoms with Crippen LogP contribution >= 0.6 is 0 Å². The summed E-state index contributed by atoms with van der Waals surface area (Å²) in [7, 11) is 2.03. The molecule has 0 saturated carbocycles. The molecule has 2 aliphatic rings. The van der Waals surface area contributed by atoms with Crippen LogP contribution in [0.15, 0.2) is 0 Å². The highest BCUT2D eigenvalue weighted by molar-refractivity contribution is 5.06. The van der Waals surface area contributed by atoms with Crippen LogP contribution in [0.3, 0.4) is 0 Å². The number of aliphatic hydroxyl groups is 1. The van der Waals surface area contributed by atoms with Crippen LogP contribution in [-0.2, 0) is 4.74 Å². The molecule has 0 amide bonds. The van der Waals surface area contributed by atoms with Gasteiger partial charge in [0.25, 0.3) is 0 Å². The van der Waals surface area contributed by atoms with Crippen LogP contribution < -0.4 is 5.32 Å². The molecule has 2 rings (SSSR count). The molecule has 0 radical (unpaired) electrons. The van der Waals surface area contributed by atoms with E-state index in [9.17, 15) is 5.11 Å². The monoisotopic (exact) mass is 284 g/mol. The Balaban J connectivity index is 2.04. The maximum atomic E-state index is 9.75. The molecule has 2 N–H and O–H groups in total. The van der Waals surface area contributed by atoms with Gasteiger partial charge in [-0.2, -0.15) is 0 Å². The second-order valence-corrected chi connectivity index (χ2v) is 7.73. The molecule has 2 fully saturated rings. The largest absolute Gasteiger partial charge is 0.393 e. The normalized spacial score (nSPS) is 38.2. The lowest BCUT2D eigenvalue weighted by atomic mass is 9.82. The minimum atomic E-state index is -0.190. The Bertz CT molecular complexity index is 341. The van der Waals surface area contributed by atoms with E-state index in [1.165, 1.54) is 0 Å². The second-order valence-electron chi connectivity index (χ2n) is 7.73. The van der Waals surface area contributed by atoms with E-state index in [4.69, 9.17) is 4.74 Å². The molecule has 4 unspecified atom stereocenters. The third kappa shape index (κ3) is 3.03. The third-order valence-corrected chi connectivity index (χ3v) is 5.33. The Morgan fingerprint density at radius 2 is 1.95 bits per heavy atom. The highest BCUT2D eigenvalue weighted by atomic mass is 16.5. The van der Waals surface area contributed by atoms with E-state index in [1.54, 1.807) is 0 Å². The summed E-state index contributed by atoms with van der Waals surface area (Å²) in [6.45, 7) is 13.8.